The number of fused-ring (bicyclic) bond motifs is 2. The highest BCUT2D eigenvalue weighted by Gasteiger charge is 2.44. The summed E-state index contributed by atoms with van der Waals surface area (Å²) in [5, 5.41) is 0. The number of hydrogen-bond acceptors (Lipinski definition) is 5. The molecule has 0 fully saturated rings. The summed E-state index contributed by atoms with van der Waals surface area (Å²) in [6.07, 6.45) is -0.883. The quantitative estimate of drug-likeness (QED) is 0.706. The average molecular weight is 421 g/mol. The van der Waals surface area contributed by atoms with Crippen LogP contribution in [-0.4, -0.2) is 66.2 Å². The summed E-state index contributed by atoms with van der Waals surface area (Å²) >= 11 is 0. The summed E-state index contributed by atoms with van der Waals surface area (Å²) in [5.74, 6) is -1.34. The summed E-state index contributed by atoms with van der Waals surface area (Å²) in [6.45, 7) is 3.35. The second kappa shape index (κ2) is 7.54. The number of benzene rings is 2. The van der Waals surface area contributed by atoms with E-state index in [0.29, 0.717) is 22.6 Å². The molecule has 0 bridgehead atoms. The van der Waals surface area contributed by atoms with Crippen LogP contribution in [0.25, 0.3) is 0 Å². The van der Waals surface area contributed by atoms with Crippen LogP contribution >= 0.6 is 0 Å². The number of anilines is 1. The first-order valence-corrected chi connectivity index (χ1v) is 9.97. The Kier molecular flexibility index (Phi) is 5.00. The van der Waals surface area contributed by atoms with Crippen molar-refractivity contribution in [3.8, 4) is 5.75 Å². The van der Waals surface area contributed by atoms with Gasteiger partial charge in [-0.05, 0) is 38.1 Å². The fourth-order valence-electron chi connectivity index (χ4n) is 3.92. The van der Waals surface area contributed by atoms with Gasteiger partial charge in [0.2, 0.25) is 5.91 Å². The highest BCUT2D eigenvalue weighted by Crippen LogP contribution is 2.35. The zero-order valence-corrected chi connectivity index (χ0v) is 17.8. The summed E-state index contributed by atoms with van der Waals surface area (Å²) in [6, 6.07) is 10.9. The molecule has 8 nitrogen and oxygen atoms in total. The van der Waals surface area contributed by atoms with Gasteiger partial charge >= 0.3 is 0 Å². The van der Waals surface area contributed by atoms with E-state index in [1.165, 1.54) is 16.7 Å². The van der Waals surface area contributed by atoms with Crippen LogP contribution in [0, 0.1) is 6.92 Å². The SMILES string of the molecule is Cc1ccc2c(c1)C(=O)N([C@H](C)C(=O)N1C[C@@H](C(=O)N(C)C)Oc3ccccc31)C2=O. The smallest absolute Gasteiger partial charge is 0.265 e. The van der Waals surface area contributed by atoms with Crippen LogP contribution in [0.15, 0.2) is 42.5 Å². The second-order valence-corrected chi connectivity index (χ2v) is 7.96. The van der Waals surface area contributed by atoms with E-state index in [1.54, 1.807) is 56.6 Å². The molecule has 4 rings (SSSR count). The van der Waals surface area contributed by atoms with Crippen molar-refractivity contribution in [3.63, 3.8) is 0 Å². The van der Waals surface area contributed by atoms with E-state index in [1.807, 2.05) is 6.92 Å². The van der Waals surface area contributed by atoms with E-state index < -0.39 is 29.9 Å². The summed E-state index contributed by atoms with van der Waals surface area (Å²) < 4.78 is 5.81. The van der Waals surface area contributed by atoms with Gasteiger partial charge < -0.3 is 14.5 Å². The number of hydrogen-bond donors (Lipinski definition) is 0. The Morgan fingerprint density at radius 1 is 1.06 bits per heavy atom. The molecule has 0 radical (unpaired) electrons. The highest BCUT2D eigenvalue weighted by molar-refractivity contribution is 6.23. The Morgan fingerprint density at radius 2 is 1.74 bits per heavy atom. The van der Waals surface area contributed by atoms with Crippen molar-refractivity contribution in [1.82, 2.24) is 9.80 Å². The number of carbonyl (C=O) groups excluding carboxylic acids is 4. The zero-order valence-electron chi connectivity index (χ0n) is 17.8. The fourth-order valence-corrected chi connectivity index (χ4v) is 3.92. The van der Waals surface area contributed by atoms with Crippen molar-refractivity contribution >= 4 is 29.3 Å². The van der Waals surface area contributed by atoms with Gasteiger partial charge in [0.1, 0.15) is 11.8 Å². The number of carbonyl (C=O) groups is 4. The molecule has 160 valence electrons. The number of para-hydroxylation sites is 2. The van der Waals surface area contributed by atoms with Gasteiger partial charge in [-0.25, -0.2) is 0 Å². The molecule has 2 aromatic carbocycles. The van der Waals surface area contributed by atoms with Crippen molar-refractivity contribution in [2.75, 3.05) is 25.5 Å². The van der Waals surface area contributed by atoms with Crippen molar-refractivity contribution in [2.24, 2.45) is 0 Å². The van der Waals surface area contributed by atoms with Crippen molar-refractivity contribution in [1.29, 1.82) is 0 Å². The number of imide groups is 1. The van der Waals surface area contributed by atoms with Crippen molar-refractivity contribution < 1.29 is 23.9 Å². The zero-order chi connectivity index (χ0) is 22.4. The van der Waals surface area contributed by atoms with Crippen molar-refractivity contribution in [3.05, 3.63) is 59.2 Å². The monoisotopic (exact) mass is 421 g/mol. The molecule has 2 aliphatic rings. The molecule has 0 unspecified atom stereocenters. The third-order valence-corrected chi connectivity index (χ3v) is 5.57. The minimum atomic E-state index is -1.05. The minimum Gasteiger partial charge on any atom is -0.476 e. The molecule has 0 saturated heterocycles. The van der Waals surface area contributed by atoms with E-state index in [0.717, 1.165) is 10.5 Å². The van der Waals surface area contributed by atoms with Gasteiger partial charge in [0.15, 0.2) is 6.10 Å². The lowest BCUT2D eigenvalue weighted by Gasteiger charge is -2.37. The van der Waals surface area contributed by atoms with E-state index >= 15 is 0 Å². The van der Waals surface area contributed by atoms with Gasteiger partial charge in [-0.3, -0.25) is 24.1 Å². The number of amides is 4. The van der Waals surface area contributed by atoms with Gasteiger partial charge in [-0.2, -0.15) is 0 Å². The predicted octanol–water partition coefficient (Wildman–Crippen LogP) is 1.86. The fraction of sp³-hybridized carbons (Fsp3) is 0.304. The van der Waals surface area contributed by atoms with Crippen LogP contribution in [0.1, 0.15) is 33.2 Å². The van der Waals surface area contributed by atoms with Gasteiger partial charge in [0, 0.05) is 14.1 Å². The Morgan fingerprint density at radius 3 is 2.45 bits per heavy atom. The normalized spacial score (nSPS) is 18.3. The Labute approximate surface area is 180 Å². The first-order valence-electron chi connectivity index (χ1n) is 9.97. The largest absolute Gasteiger partial charge is 0.476 e. The Balaban J connectivity index is 1.66. The number of rotatable bonds is 3. The van der Waals surface area contributed by atoms with Crippen LogP contribution in [0.3, 0.4) is 0 Å². The molecule has 0 aliphatic carbocycles. The molecule has 31 heavy (non-hydrogen) atoms. The van der Waals surface area contributed by atoms with Crippen molar-refractivity contribution in [2.45, 2.75) is 26.0 Å². The first kappa shape index (κ1) is 20.6. The minimum absolute atomic E-state index is 0.0144. The summed E-state index contributed by atoms with van der Waals surface area (Å²) in [7, 11) is 3.23. The number of aryl methyl sites for hydroxylation is 1. The molecule has 0 aromatic heterocycles. The molecule has 2 atom stereocenters. The molecular formula is C23H23N3O5. The van der Waals surface area contributed by atoms with Gasteiger partial charge in [-0.15, -0.1) is 0 Å². The molecule has 8 heteroatoms. The highest BCUT2D eigenvalue weighted by atomic mass is 16.5. The number of ether oxygens (including phenoxy) is 1. The summed E-state index contributed by atoms with van der Waals surface area (Å²) in [5.41, 5.74) is 1.94. The molecule has 2 aromatic rings. The molecule has 4 amide bonds. The second-order valence-electron chi connectivity index (χ2n) is 7.96. The summed E-state index contributed by atoms with van der Waals surface area (Å²) in [4.78, 5) is 55.7. The third-order valence-electron chi connectivity index (χ3n) is 5.57. The molecule has 2 aliphatic heterocycles. The van der Waals surface area contributed by atoms with E-state index in [2.05, 4.69) is 0 Å². The topological polar surface area (TPSA) is 87.2 Å². The third kappa shape index (κ3) is 3.34. The van der Waals surface area contributed by atoms with Crippen LogP contribution in [0.2, 0.25) is 0 Å². The Bertz CT molecular complexity index is 1110. The molecule has 0 saturated carbocycles. The van der Waals surface area contributed by atoms with Gasteiger partial charge in [0.05, 0.1) is 23.4 Å². The van der Waals surface area contributed by atoms with Crippen LogP contribution in [-0.2, 0) is 9.59 Å². The molecule has 2 heterocycles. The Hall–Kier alpha value is -3.68. The lowest BCUT2D eigenvalue weighted by Crippen LogP contribution is -2.55. The number of nitrogens with zero attached hydrogens (tertiary/aromatic N) is 3. The van der Waals surface area contributed by atoms with Crippen LogP contribution in [0.4, 0.5) is 5.69 Å². The first-order chi connectivity index (χ1) is 14.7. The van der Waals surface area contributed by atoms with Gasteiger partial charge in [-0.1, -0.05) is 23.8 Å². The lowest BCUT2D eigenvalue weighted by molar-refractivity contribution is -0.136. The van der Waals surface area contributed by atoms with E-state index in [4.69, 9.17) is 4.74 Å². The van der Waals surface area contributed by atoms with E-state index in [-0.39, 0.29) is 12.5 Å². The van der Waals surface area contributed by atoms with Crippen LogP contribution in [0.5, 0.6) is 5.75 Å². The maximum atomic E-state index is 13.5. The van der Waals surface area contributed by atoms with E-state index in [9.17, 15) is 19.2 Å². The average Bonchev–Trinajstić information content (AvgIpc) is 3.00. The maximum Gasteiger partial charge on any atom is 0.265 e. The molecule has 0 N–H and O–H groups in total. The maximum absolute atomic E-state index is 13.5. The lowest BCUT2D eigenvalue weighted by atomic mass is 10.1. The van der Waals surface area contributed by atoms with Gasteiger partial charge in [0.25, 0.3) is 17.7 Å². The standard InChI is InChI=1S/C23H23N3O5/c1-13-9-10-15-16(11-13)22(29)26(21(15)28)14(2)20(27)25-12-19(23(30)24(3)4)31-18-8-6-5-7-17(18)25/h5-11,14,19H,12H2,1-4H3/t14-,19+/m1/s1. The molecule has 0 spiro atoms. The van der Waals surface area contributed by atoms with Crippen LogP contribution < -0.4 is 9.64 Å². The predicted molar refractivity (Wildman–Crippen MR) is 113 cm³/mol. The molecular weight excluding hydrogens is 398 g/mol. The number of likely N-dealkylation sites (N-methyl/N-ethyl adjacent to an activating group) is 1.